The highest BCUT2D eigenvalue weighted by Crippen LogP contribution is 2.43. The Bertz CT molecular complexity index is 1400. The second kappa shape index (κ2) is 35.9. The SMILES string of the molecule is CCCCC/C=C\C/C=C\CC(O)/C=C\C=C\CCCC(=O)O[C@H](COC(=O)CCCCCCCCCCc1oc(CCCCC)c(C)c1C)COP(=O)(O)OCCN. The molecule has 0 aliphatic rings. The number of carbonyl (C=O) groups is 2. The Morgan fingerprint density at radius 1 is 0.712 bits per heavy atom. The Balaban J connectivity index is 2.33. The zero-order valence-corrected chi connectivity index (χ0v) is 37.9. The standard InChI is InChI=1S/C47H80NO10P/c1-5-7-9-10-11-12-15-19-25-30-42(49)31-26-20-18-23-29-35-47(51)57-43(39-56-59(52,53)55-37-36-48)38-54-46(50)34-28-22-17-14-13-16-21-27-33-45-41(4)40(3)44(58-45)32-24-8-6-2/h11-12,18-20,25-26,31,42-43,49H,5-10,13-17,21-24,27-30,32-39,48H2,1-4H3,(H,52,53)/b12-11-,20-18+,25-19-,31-26-/t42?,43-/m1/s1. The Morgan fingerprint density at radius 3 is 1.98 bits per heavy atom. The minimum atomic E-state index is -4.43. The van der Waals surface area contributed by atoms with Crippen LogP contribution in [0.25, 0.3) is 0 Å². The van der Waals surface area contributed by atoms with E-state index in [0.29, 0.717) is 25.7 Å². The van der Waals surface area contributed by atoms with Gasteiger partial charge in [-0.2, -0.15) is 0 Å². The van der Waals surface area contributed by atoms with E-state index in [9.17, 15) is 24.2 Å². The summed E-state index contributed by atoms with van der Waals surface area (Å²) in [7, 11) is -4.43. The van der Waals surface area contributed by atoms with Crippen LogP contribution in [0.15, 0.2) is 53.0 Å². The lowest BCUT2D eigenvalue weighted by atomic mass is 10.0. The highest BCUT2D eigenvalue weighted by Gasteiger charge is 2.26. The summed E-state index contributed by atoms with van der Waals surface area (Å²) in [6, 6.07) is 0. The summed E-state index contributed by atoms with van der Waals surface area (Å²) in [6.07, 6.45) is 35.7. The molecule has 0 saturated heterocycles. The van der Waals surface area contributed by atoms with Crippen LogP contribution < -0.4 is 5.73 Å². The molecule has 2 unspecified atom stereocenters. The molecule has 1 heterocycles. The predicted molar refractivity (Wildman–Crippen MR) is 238 cm³/mol. The topological polar surface area (TPSA) is 168 Å². The summed E-state index contributed by atoms with van der Waals surface area (Å²) in [4.78, 5) is 35.0. The molecule has 4 N–H and O–H groups in total. The van der Waals surface area contributed by atoms with Crippen LogP contribution in [0.2, 0.25) is 0 Å². The van der Waals surface area contributed by atoms with Crippen LogP contribution in [0.3, 0.4) is 0 Å². The molecule has 12 heteroatoms. The molecule has 1 rings (SSSR count). The molecule has 0 aliphatic heterocycles. The van der Waals surface area contributed by atoms with Gasteiger partial charge in [0.05, 0.1) is 19.3 Å². The molecule has 1 aromatic rings. The number of aryl methyl sites for hydroxylation is 2. The third-order valence-corrected chi connectivity index (χ3v) is 11.0. The largest absolute Gasteiger partial charge is 0.472 e. The maximum atomic E-state index is 12.6. The fourth-order valence-electron chi connectivity index (χ4n) is 6.30. The van der Waals surface area contributed by atoms with E-state index in [-0.39, 0.29) is 32.6 Å². The quantitative estimate of drug-likeness (QED) is 0.0190. The number of aliphatic hydroxyl groups excluding tert-OH is 1. The average Bonchev–Trinajstić information content (AvgIpc) is 3.48. The van der Waals surface area contributed by atoms with E-state index in [1.807, 2.05) is 18.2 Å². The summed E-state index contributed by atoms with van der Waals surface area (Å²) in [6.45, 7) is 7.82. The van der Waals surface area contributed by atoms with E-state index in [1.165, 1.54) is 68.3 Å². The van der Waals surface area contributed by atoms with E-state index >= 15 is 0 Å². The molecule has 0 radical (unpaired) electrons. The van der Waals surface area contributed by atoms with Gasteiger partial charge in [-0.25, -0.2) is 4.57 Å². The van der Waals surface area contributed by atoms with Gasteiger partial charge in [-0.15, -0.1) is 0 Å². The van der Waals surface area contributed by atoms with Gasteiger partial charge in [0.25, 0.3) is 0 Å². The molecule has 1 aromatic heterocycles. The molecule has 0 saturated carbocycles. The van der Waals surface area contributed by atoms with Crippen molar-refractivity contribution in [2.75, 3.05) is 26.4 Å². The van der Waals surface area contributed by atoms with Crippen molar-refractivity contribution in [2.45, 2.75) is 188 Å². The fourth-order valence-corrected chi connectivity index (χ4v) is 7.06. The minimum Gasteiger partial charge on any atom is -0.466 e. The molecule has 3 atom stereocenters. The first kappa shape index (κ1) is 54.2. The molecule has 0 bridgehead atoms. The molecule has 11 nitrogen and oxygen atoms in total. The van der Waals surface area contributed by atoms with Gasteiger partial charge in [0.1, 0.15) is 18.1 Å². The molecule has 338 valence electrons. The van der Waals surface area contributed by atoms with Crippen molar-refractivity contribution in [1.29, 1.82) is 0 Å². The first-order valence-electron chi connectivity index (χ1n) is 22.6. The molecule has 0 fully saturated rings. The molecule has 59 heavy (non-hydrogen) atoms. The van der Waals surface area contributed by atoms with Crippen molar-refractivity contribution < 1.29 is 47.1 Å². The maximum Gasteiger partial charge on any atom is 0.472 e. The van der Waals surface area contributed by atoms with Crippen molar-refractivity contribution in [3.8, 4) is 0 Å². The summed E-state index contributed by atoms with van der Waals surface area (Å²) in [5.41, 5.74) is 7.99. The number of allylic oxidation sites excluding steroid dienone is 6. The summed E-state index contributed by atoms with van der Waals surface area (Å²) >= 11 is 0. The van der Waals surface area contributed by atoms with Crippen LogP contribution in [0.4, 0.5) is 0 Å². The molecular formula is C47H80NO10P. The highest BCUT2D eigenvalue weighted by atomic mass is 31.2. The van der Waals surface area contributed by atoms with Crippen LogP contribution in [0, 0.1) is 13.8 Å². The Morgan fingerprint density at radius 2 is 1.31 bits per heavy atom. The summed E-state index contributed by atoms with van der Waals surface area (Å²) in [5, 5.41) is 10.1. The fraction of sp³-hybridized carbons (Fsp3) is 0.702. The number of unbranched alkanes of at least 4 members (excludes halogenated alkanes) is 13. The van der Waals surface area contributed by atoms with Gasteiger partial charge in [0.15, 0.2) is 6.10 Å². The summed E-state index contributed by atoms with van der Waals surface area (Å²) < 4.78 is 39.0. The number of phosphoric ester groups is 1. The average molecular weight is 850 g/mol. The third-order valence-electron chi connectivity index (χ3n) is 10.0. The van der Waals surface area contributed by atoms with Crippen LogP contribution >= 0.6 is 7.82 Å². The van der Waals surface area contributed by atoms with Crippen molar-refractivity contribution >= 4 is 19.8 Å². The van der Waals surface area contributed by atoms with Crippen LogP contribution in [0.5, 0.6) is 0 Å². The van der Waals surface area contributed by atoms with Gasteiger partial charge < -0.3 is 29.6 Å². The number of aliphatic hydroxyl groups is 1. The normalized spacial score (nSPS) is 14.2. The number of phosphoric acid groups is 1. The third kappa shape index (κ3) is 30.0. The van der Waals surface area contributed by atoms with Gasteiger partial charge >= 0.3 is 19.8 Å². The van der Waals surface area contributed by atoms with E-state index in [0.717, 1.165) is 63.5 Å². The van der Waals surface area contributed by atoms with E-state index in [2.05, 4.69) is 45.9 Å². The number of nitrogens with two attached hydrogens (primary N) is 1. The Hall–Kier alpha value is -2.79. The second-order valence-corrected chi connectivity index (χ2v) is 16.8. The first-order valence-corrected chi connectivity index (χ1v) is 24.1. The first-order chi connectivity index (χ1) is 28.5. The monoisotopic (exact) mass is 850 g/mol. The smallest absolute Gasteiger partial charge is 0.466 e. The maximum absolute atomic E-state index is 12.6. The number of hydrogen-bond donors (Lipinski definition) is 3. The van der Waals surface area contributed by atoms with Crippen LogP contribution in [-0.4, -0.2) is 60.5 Å². The number of hydrogen-bond acceptors (Lipinski definition) is 10. The Kier molecular flexibility index (Phi) is 33.0. The van der Waals surface area contributed by atoms with Crippen molar-refractivity contribution in [3.63, 3.8) is 0 Å². The van der Waals surface area contributed by atoms with Crippen LogP contribution in [0.1, 0.15) is 171 Å². The van der Waals surface area contributed by atoms with E-state index in [4.69, 9.17) is 28.7 Å². The van der Waals surface area contributed by atoms with Gasteiger partial charge in [-0.05, 0) is 82.8 Å². The predicted octanol–water partition coefficient (Wildman–Crippen LogP) is 11.3. The molecule has 0 spiro atoms. The zero-order chi connectivity index (χ0) is 43.4. The number of carbonyl (C=O) groups excluding carboxylic acids is 2. The van der Waals surface area contributed by atoms with Crippen LogP contribution in [-0.2, 0) is 45.5 Å². The van der Waals surface area contributed by atoms with Gasteiger partial charge in [-0.1, -0.05) is 127 Å². The zero-order valence-electron chi connectivity index (χ0n) is 37.1. The molecule has 0 aliphatic carbocycles. The lowest BCUT2D eigenvalue weighted by Crippen LogP contribution is -2.29. The lowest BCUT2D eigenvalue weighted by molar-refractivity contribution is -0.161. The number of rotatable bonds is 38. The number of ether oxygens (including phenoxy) is 2. The van der Waals surface area contributed by atoms with Gasteiger partial charge in [0, 0.05) is 32.2 Å². The van der Waals surface area contributed by atoms with Crippen molar-refractivity contribution in [2.24, 2.45) is 5.73 Å². The van der Waals surface area contributed by atoms with Gasteiger partial charge in [0.2, 0.25) is 0 Å². The molecule has 0 amide bonds. The lowest BCUT2D eigenvalue weighted by Gasteiger charge is -2.19. The van der Waals surface area contributed by atoms with E-state index < -0.39 is 38.6 Å². The molecular weight excluding hydrogens is 769 g/mol. The van der Waals surface area contributed by atoms with E-state index in [1.54, 1.807) is 12.2 Å². The minimum absolute atomic E-state index is 0.0233. The number of esters is 2. The molecule has 0 aromatic carbocycles. The summed E-state index contributed by atoms with van der Waals surface area (Å²) in [5.74, 6) is 1.34. The highest BCUT2D eigenvalue weighted by molar-refractivity contribution is 7.47. The Labute approximate surface area is 356 Å². The second-order valence-electron chi connectivity index (χ2n) is 15.3. The van der Waals surface area contributed by atoms with Crippen molar-refractivity contribution in [3.05, 3.63) is 71.3 Å². The van der Waals surface area contributed by atoms with Gasteiger partial charge in [-0.3, -0.25) is 18.6 Å². The van der Waals surface area contributed by atoms with Crippen molar-refractivity contribution in [1.82, 2.24) is 0 Å². The number of furan rings is 1.